The van der Waals surface area contributed by atoms with Gasteiger partial charge < -0.3 is 10.3 Å². The molecule has 10 nitrogen and oxygen atoms in total. The van der Waals surface area contributed by atoms with Gasteiger partial charge in [0.2, 0.25) is 0 Å². The van der Waals surface area contributed by atoms with Gasteiger partial charge in [0.05, 0.1) is 27.4 Å². The first-order valence-electron chi connectivity index (χ1n) is 7.10. The highest BCUT2D eigenvalue weighted by atomic mass is 16.6. The maximum atomic E-state index is 12.1. The standard InChI is InChI=1S/C15H11N5O5/c21-15(9-2-1-3-10(6-9)19(22)23)16-8-14-17-12-5-4-11(20(24)25)7-13(12)18-14/h1-7H,8H2,(H,16,21)(H,17,18). The van der Waals surface area contributed by atoms with Gasteiger partial charge in [0, 0.05) is 29.8 Å². The van der Waals surface area contributed by atoms with Crippen LogP contribution in [-0.4, -0.2) is 25.7 Å². The van der Waals surface area contributed by atoms with Crippen molar-refractivity contribution in [1.82, 2.24) is 15.3 Å². The topological polar surface area (TPSA) is 144 Å². The van der Waals surface area contributed by atoms with Crippen LogP contribution in [0.15, 0.2) is 42.5 Å². The molecular formula is C15H11N5O5. The van der Waals surface area contributed by atoms with Crippen LogP contribution in [0.5, 0.6) is 0 Å². The predicted octanol–water partition coefficient (Wildman–Crippen LogP) is 2.31. The molecule has 0 aliphatic carbocycles. The number of nitro groups is 2. The molecule has 25 heavy (non-hydrogen) atoms. The molecule has 0 aliphatic rings. The van der Waals surface area contributed by atoms with Crippen LogP contribution in [-0.2, 0) is 6.54 Å². The molecule has 2 N–H and O–H groups in total. The number of hydrogen-bond acceptors (Lipinski definition) is 6. The zero-order valence-electron chi connectivity index (χ0n) is 12.6. The number of non-ortho nitro benzene ring substituents is 2. The van der Waals surface area contributed by atoms with Gasteiger partial charge in [-0.2, -0.15) is 0 Å². The van der Waals surface area contributed by atoms with E-state index in [4.69, 9.17) is 0 Å². The molecule has 0 unspecified atom stereocenters. The summed E-state index contributed by atoms with van der Waals surface area (Å²) in [6.07, 6.45) is 0. The number of nitrogens with zero attached hydrogens (tertiary/aromatic N) is 3. The molecule has 0 radical (unpaired) electrons. The third kappa shape index (κ3) is 3.42. The minimum absolute atomic E-state index is 0.0456. The van der Waals surface area contributed by atoms with E-state index in [-0.39, 0.29) is 23.5 Å². The van der Waals surface area contributed by atoms with E-state index < -0.39 is 15.8 Å². The molecule has 1 amide bonds. The van der Waals surface area contributed by atoms with Gasteiger partial charge >= 0.3 is 0 Å². The molecule has 0 bridgehead atoms. The maximum Gasteiger partial charge on any atom is 0.271 e. The Kier molecular flexibility index (Phi) is 4.08. The number of carbonyl (C=O) groups excluding carboxylic acids is 1. The van der Waals surface area contributed by atoms with Gasteiger partial charge in [0.1, 0.15) is 5.82 Å². The minimum atomic E-state index is -0.580. The Morgan fingerprint density at radius 3 is 2.52 bits per heavy atom. The number of carbonyl (C=O) groups is 1. The highest BCUT2D eigenvalue weighted by Gasteiger charge is 2.13. The predicted molar refractivity (Wildman–Crippen MR) is 87.0 cm³/mol. The lowest BCUT2D eigenvalue weighted by Crippen LogP contribution is -2.23. The van der Waals surface area contributed by atoms with Gasteiger partial charge in [-0.3, -0.25) is 25.0 Å². The third-order valence-electron chi connectivity index (χ3n) is 3.46. The first-order valence-corrected chi connectivity index (χ1v) is 7.10. The molecule has 1 aromatic heterocycles. The summed E-state index contributed by atoms with van der Waals surface area (Å²) in [6, 6.07) is 9.57. The van der Waals surface area contributed by atoms with Crippen molar-refractivity contribution in [1.29, 1.82) is 0 Å². The van der Waals surface area contributed by atoms with Crippen molar-refractivity contribution in [2.45, 2.75) is 6.54 Å². The van der Waals surface area contributed by atoms with Gasteiger partial charge in [-0.25, -0.2) is 4.98 Å². The molecule has 3 aromatic rings. The van der Waals surface area contributed by atoms with E-state index in [9.17, 15) is 25.0 Å². The summed E-state index contributed by atoms with van der Waals surface area (Å²) < 4.78 is 0. The minimum Gasteiger partial charge on any atom is -0.345 e. The molecule has 0 atom stereocenters. The average Bonchev–Trinajstić information content (AvgIpc) is 3.01. The lowest BCUT2D eigenvalue weighted by Gasteiger charge is -2.03. The fraction of sp³-hybridized carbons (Fsp3) is 0.0667. The second-order valence-corrected chi connectivity index (χ2v) is 5.13. The van der Waals surface area contributed by atoms with Crippen LogP contribution >= 0.6 is 0 Å². The largest absolute Gasteiger partial charge is 0.345 e. The number of rotatable bonds is 5. The molecule has 0 saturated heterocycles. The zero-order chi connectivity index (χ0) is 18.0. The normalized spacial score (nSPS) is 10.6. The quantitative estimate of drug-likeness (QED) is 0.538. The molecular weight excluding hydrogens is 330 g/mol. The summed E-state index contributed by atoms with van der Waals surface area (Å²) in [5.74, 6) is -0.0792. The molecule has 1 heterocycles. The Hall–Kier alpha value is -3.82. The van der Waals surface area contributed by atoms with Gasteiger partial charge in [0.25, 0.3) is 17.3 Å². The van der Waals surface area contributed by atoms with E-state index in [1.54, 1.807) is 0 Å². The highest BCUT2D eigenvalue weighted by Crippen LogP contribution is 2.19. The van der Waals surface area contributed by atoms with Crippen molar-refractivity contribution in [3.63, 3.8) is 0 Å². The van der Waals surface area contributed by atoms with Crippen molar-refractivity contribution in [2.24, 2.45) is 0 Å². The van der Waals surface area contributed by atoms with Crippen LogP contribution in [0.2, 0.25) is 0 Å². The Morgan fingerprint density at radius 1 is 1.08 bits per heavy atom. The summed E-state index contributed by atoms with van der Waals surface area (Å²) in [5, 5.41) is 24.1. The molecule has 0 aliphatic heterocycles. The van der Waals surface area contributed by atoms with Gasteiger partial charge in [-0.1, -0.05) is 6.07 Å². The van der Waals surface area contributed by atoms with Crippen molar-refractivity contribution < 1.29 is 14.6 Å². The number of imidazole rings is 1. The Morgan fingerprint density at radius 2 is 1.80 bits per heavy atom. The van der Waals surface area contributed by atoms with E-state index in [2.05, 4.69) is 15.3 Å². The van der Waals surface area contributed by atoms with Crippen LogP contribution in [0.3, 0.4) is 0 Å². The fourth-order valence-corrected chi connectivity index (χ4v) is 2.27. The number of aromatic amines is 1. The molecule has 3 rings (SSSR count). The third-order valence-corrected chi connectivity index (χ3v) is 3.46. The Bertz CT molecular complexity index is 997. The second kappa shape index (κ2) is 6.35. The van der Waals surface area contributed by atoms with Gasteiger partial charge in [-0.05, 0) is 12.1 Å². The van der Waals surface area contributed by atoms with Gasteiger partial charge in [-0.15, -0.1) is 0 Å². The summed E-state index contributed by atoms with van der Waals surface area (Å²) in [7, 11) is 0. The Labute approximate surface area is 139 Å². The summed E-state index contributed by atoms with van der Waals surface area (Å²) in [5.41, 5.74) is 0.923. The van der Waals surface area contributed by atoms with E-state index in [0.29, 0.717) is 16.9 Å². The number of aromatic nitrogens is 2. The SMILES string of the molecule is O=C(NCc1nc2ccc([N+](=O)[O-])cc2[nH]1)c1cccc([N+](=O)[O-])c1. The second-order valence-electron chi connectivity index (χ2n) is 5.13. The molecule has 10 heteroatoms. The highest BCUT2D eigenvalue weighted by molar-refractivity contribution is 5.94. The smallest absolute Gasteiger partial charge is 0.271 e. The number of H-pyrrole nitrogens is 1. The van der Waals surface area contributed by atoms with Crippen LogP contribution in [0.1, 0.15) is 16.2 Å². The zero-order valence-corrected chi connectivity index (χ0v) is 12.6. The maximum absolute atomic E-state index is 12.1. The monoisotopic (exact) mass is 341 g/mol. The Balaban J connectivity index is 1.73. The van der Waals surface area contributed by atoms with Crippen molar-refractivity contribution >= 4 is 28.3 Å². The van der Waals surface area contributed by atoms with Crippen LogP contribution in [0.4, 0.5) is 11.4 Å². The van der Waals surface area contributed by atoms with Crippen LogP contribution in [0.25, 0.3) is 11.0 Å². The number of amides is 1. The molecule has 0 fully saturated rings. The van der Waals surface area contributed by atoms with Crippen molar-refractivity contribution in [3.8, 4) is 0 Å². The first-order chi connectivity index (χ1) is 11.9. The van der Waals surface area contributed by atoms with E-state index >= 15 is 0 Å². The number of benzene rings is 2. The van der Waals surface area contributed by atoms with Crippen molar-refractivity contribution in [2.75, 3.05) is 0 Å². The van der Waals surface area contributed by atoms with E-state index in [1.807, 2.05) is 0 Å². The average molecular weight is 341 g/mol. The number of nitrogens with one attached hydrogen (secondary N) is 2. The summed E-state index contributed by atoms with van der Waals surface area (Å²) in [4.78, 5) is 39.6. The lowest BCUT2D eigenvalue weighted by molar-refractivity contribution is -0.385. The fourth-order valence-electron chi connectivity index (χ4n) is 2.27. The first kappa shape index (κ1) is 16.1. The number of fused-ring (bicyclic) bond motifs is 1. The summed E-state index contributed by atoms with van der Waals surface area (Å²) in [6.45, 7) is 0.0456. The number of hydrogen-bond donors (Lipinski definition) is 2. The molecule has 0 saturated carbocycles. The van der Waals surface area contributed by atoms with Gasteiger partial charge in [0.15, 0.2) is 0 Å². The van der Waals surface area contributed by atoms with Crippen molar-refractivity contribution in [3.05, 3.63) is 74.1 Å². The van der Waals surface area contributed by atoms with E-state index in [1.165, 1.54) is 42.5 Å². The lowest BCUT2D eigenvalue weighted by atomic mass is 10.2. The molecule has 126 valence electrons. The molecule has 2 aromatic carbocycles. The van der Waals surface area contributed by atoms with Crippen LogP contribution < -0.4 is 5.32 Å². The summed E-state index contributed by atoms with van der Waals surface area (Å²) >= 11 is 0. The van der Waals surface area contributed by atoms with Crippen LogP contribution in [0, 0.1) is 20.2 Å². The molecule has 0 spiro atoms. The number of nitro benzene ring substituents is 2. The van der Waals surface area contributed by atoms with E-state index in [0.717, 1.165) is 0 Å².